The SMILES string of the molecule is COc1ccc(C(=O)N(C)CC(=O)N2CCCC(C(=O)O)C2)c(OC(C)C)c1. The molecule has 2 rings (SSSR count). The second kappa shape index (κ2) is 9.43. The van der Waals surface area contributed by atoms with Crippen molar-refractivity contribution in [2.75, 3.05) is 33.8 Å². The summed E-state index contributed by atoms with van der Waals surface area (Å²) in [6, 6.07) is 4.92. The predicted molar refractivity (Wildman–Crippen MR) is 103 cm³/mol. The lowest BCUT2D eigenvalue weighted by Gasteiger charge is -2.32. The van der Waals surface area contributed by atoms with Crippen LogP contribution >= 0.6 is 0 Å². The Balaban J connectivity index is 2.09. The average Bonchev–Trinajstić information content (AvgIpc) is 2.66. The molecule has 8 nitrogen and oxygen atoms in total. The number of rotatable bonds is 7. The summed E-state index contributed by atoms with van der Waals surface area (Å²) in [6.45, 7) is 4.28. The Labute approximate surface area is 165 Å². The number of amides is 2. The van der Waals surface area contributed by atoms with Gasteiger partial charge in [-0.25, -0.2) is 0 Å². The molecule has 1 atom stereocenters. The van der Waals surface area contributed by atoms with E-state index < -0.39 is 11.9 Å². The van der Waals surface area contributed by atoms with E-state index >= 15 is 0 Å². The van der Waals surface area contributed by atoms with Crippen LogP contribution in [0.3, 0.4) is 0 Å². The molecule has 1 fully saturated rings. The standard InChI is InChI=1S/C20H28N2O6/c1-13(2)28-17-10-15(27-4)7-8-16(17)19(24)21(3)12-18(23)22-9-5-6-14(11-22)20(25)26/h7-8,10,13-14H,5-6,9,11-12H2,1-4H3,(H,25,26). The van der Waals surface area contributed by atoms with Crippen molar-refractivity contribution in [3.05, 3.63) is 23.8 Å². The number of benzene rings is 1. The molecule has 0 spiro atoms. The normalized spacial score (nSPS) is 16.6. The first kappa shape index (κ1) is 21.5. The molecule has 0 aromatic heterocycles. The largest absolute Gasteiger partial charge is 0.497 e. The van der Waals surface area contributed by atoms with Gasteiger partial charge in [0.2, 0.25) is 5.91 Å². The van der Waals surface area contributed by atoms with Gasteiger partial charge < -0.3 is 24.4 Å². The Morgan fingerprint density at radius 2 is 2.04 bits per heavy atom. The number of aliphatic carboxylic acids is 1. The van der Waals surface area contributed by atoms with Gasteiger partial charge in [-0.05, 0) is 38.8 Å². The van der Waals surface area contributed by atoms with Gasteiger partial charge in [0.15, 0.2) is 0 Å². The third kappa shape index (κ3) is 5.37. The molecule has 2 amide bonds. The maximum atomic E-state index is 12.9. The van der Waals surface area contributed by atoms with E-state index in [-0.39, 0.29) is 31.0 Å². The van der Waals surface area contributed by atoms with Gasteiger partial charge in [0.1, 0.15) is 11.5 Å². The third-order valence-corrected chi connectivity index (χ3v) is 4.62. The quantitative estimate of drug-likeness (QED) is 0.761. The fraction of sp³-hybridized carbons (Fsp3) is 0.550. The summed E-state index contributed by atoms with van der Waals surface area (Å²) in [7, 11) is 3.08. The van der Waals surface area contributed by atoms with Crippen molar-refractivity contribution in [2.45, 2.75) is 32.8 Å². The minimum Gasteiger partial charge on any atom is -0.497 e. The smallest absolute Gasteiger partial charge is 0.308 e. The Hall–Kier alpha value is -2.77. The van der Waals surface area contributed by atoms with E-state index in [0.29, 0.717) is 36.4 Å². The number of nitrogens with zero attached hydrogens (tertiary/aromatic N) is 2. The van der Waals surface area contributed by atoms with E-state index in [4.69, 9.17) is 9.47 Å². The molecule has 154 valence electrons. The highest BCUT2D eigenvalue weighted by atomic mass is 16.5. The van der Waals surface area contributed by atoms with Crippen LogP contribution in [0.25, 0.3) is 0 Å². The van der Waals surface area contributed by atoms with E-state index in [0.717, 1.165) is 0 Å². The summed E-state index contributed by atoms with van der Waals surface area (Å²) < 4.78 is 10.9. The third-order valence-electron chi connectivity index (χ3n) is 4.62. The molecule has 0 bridgehead atoms. The van der Waals surface area contributed by atoms with Crippen LogP contribution in [-0.4, -0.2) is 72.6 Å². The average molecular weight is 392 g/mol. The lowest BCUT2D eigenvalue weighted by atomic mass is 9.98. The number of hydrogen-bond donors (Lipinski definition) is 1. The highest BCUT2D eigenvalue weighted by molar-refractivity contribution is 5.99. The van der Waals surface area contributed by atoms with Crippen molar-refractivity contribution in [1.29, 1.82) is 0 Å². The number of methoxy groups -OCH3 is 1. The molecule has 0 radical (unpaired) electrons. The lowest BCUT2D eigenvalue weighted by Crippen LogP contribution is -2.47. The highest BCUT2D eigenvalue weighted by Gasteiger charge is 2.29. The van der Waals surface area contributed by atoms with E-state index in [1.54, 1.807) is 25.2 Å². The van der Waals surface area contributed by atoms with E-state index in [1.807, 2.05) is 13.8 Å². The van der Waals surface area contributed by atoms with Gasteiger partial charge in [-0.1, -0.05) is 0 Å². The number of likely N-dealkylation sites (N-methyl/N-ethyl adjacent to an activating group) is 1. The Morgan fingerprint density at radius 3 is 2.64 bits per heavy atom. The van der Waals surface area contributed by atoms with Crippen LogP contribution in [0.2, 0.25) is 0 Å². The molecule has 0 saturated carbocycles. The minimum absolute atomic E-state index is 0.127. The maximum absolute atomic E-state index is 12.9. The fourth-order valence-electron chi connectivity index (χ4n) is 3.14. The molecule has 28 heavy (non-hydrogen) atoms. The van der Waals surface area contributed by atoms with Crippen LogP contribution in [0, 0.1) is 5.92 Å². The molecule has 1 aromatic rings. The molecule has 0 aliphatic carbocycles. The zero-order valence-corrected chi connectivity index (χ0v) is 16.8. The summed E-state index contributed by atoms with van der Waals surface area (Å²) in [4.78, 5) is 39.5. The van der Waals surface area contributed by atoms with Crippen molar-refractivity contribution >= 4 is 17.8 Å². The molecule has 8 heteroatoms. The first-order valence-corrected chi connectivity index (χ1v) is 9.33. The first-order chi connectivity index (χ1) is 13.2. The van der Waals surface area contributed by atoms with Gasteiger partial charge in [-0.2, -0.15) is 0 Å². The number of carboxylic acids is 1. The molecule has 1 aliphatic rings. The van der Waals surface area contributed by atoms with Crippen molar-refractivity contribution < 1.29 is 29.0 Å². The second-order valence-corrected chi connectivity index (χ2v) is 7.21. The van der Waals surface area contributed by atoms with Gasteiger partial charge in [0.25, 0.3) is 5.91 Å². The number of ether oxygens (including phenoxy) is 2. The monoisotopic (exact) mass is 392 g/mol. The highest BCUT2D eigenvalue weighted by Crippen LogP contribution is 2.27. The number of likely N-dealkylation sites (tertiary alicyclic amines) is 1. The van der Waals surface area contributed by atoms with E-state index in [1.165, 1.54) is 16.9 Å². The minimum atomic E-state index is -0.893. The van der Waals surface area contributed by atoms with Crippen LogP contribution in [0.15, 0.2) is 18.2 Å². The maximum Gasteiger partial charge on any atom is 0.308 e. The molecule has 1 heterocycles. The Morgan fingerprint density at radius 1 is 1.32 bits per heavy atom. The summed E-state index contributed by atoms with van der Waals surface area (Å²) in [6.07, 6.45) is 1.08. The van der Waals surface area contributed by atoms with Gasteiger partial charge in [0, 0.05) is 26.2 Å². The summed E-state index contributed by atoms with van der Waals surface area (Å²) >= 11 is 0. The van der Waals surface area contributed by atoms with Crippen LogP contribution in [0.4, 0.5) is 0 Å². The second-order valence-electron chi connectivity index (χ2n) is 7.21. The Kier molecular flexibility index (Phi) is 7.25. The molecule has 1 saturated heterocycles. The topological polar surface area (TPSA) is 96.4 Å². The van der Waals surface area contributed by atoms with Crippen LogP contribution < -0.4 is 9.47 Å². The zero-order valence-electron chi connectivity index (χ0n) is 16.8. The fourth-order valence-corrected chi connectivity index (χ4v) is 3.14. The first-order valence-electron chi connectivity index (χ1n) is 9.33. The van der Waals surface area contributed by atoms with Crippen LogP contribution in [0.1, 0.15) is 37.0 Å². The van der Waals surface area contributed by atoms with Crippen molar-refractivity contribution in [3.63, 3.8) is 0 Å². The van der Waals surface area contributed by atoms with Gasteiger partial charge in [-0.15, -0.1) is 0 Å². The predicted octanol–water partition coefficient (Wildman–Crippen LogP) is 1.88. The van der Waals surface area contributed by atoms with Crippen molar-refractivity contribution in [3.8, 4) is 11.5 Å². The number of carbonyl (C=O) groups excluding carboxylic acids is 2. The van der Waals surface area contributed by atoms with Crippen molar-refractivity contribution in [1.82, 2.24) is 9.80 Å². The number of carboxylic acid groups (broad SMARTS) is 1. The molecule has 1 aromatic carbocycles. The molecule has 1 unspecified atom stereocenters. The van der Waals surface area contributed by atoms with Gasteiger partial charge >= 0.3 is 5.97 Å². The van der Waals surface area contributed by atoms with Crippen molar-refractivity contribution in [2.24, 2.45) is 5.92 Å². The summed E-state index contributed by atoms with van der Waals surface area (Å²) in [5.74, 6) is -1.09. The van der Waals surface area contributed by atoms with Gasteiger partial charge in [-0.3, -0.25) is 14.4 Å². The molecule has 1 N–H and O–H groups in total. The number of carbonyl (C=O) groups is 3. The molecular formula is C20H28N2O6. The number of piperidine rings is 1. The summed E-state index contributed by atoms with van der Waals surface area (Å²) in [5, 5.41) is 9.18. The molecular weight excluding hydrogens is 364 g/mol. The van der Waals surface area contributed by atoms with E-state index in [9.17, 15) is 19.5 Å². The number of hydrogen-bond acceptors (Lipinski definition) is 5. The molecule has 1 aliphatic heterocycles. The van der Waals surface area contributed by atoms with E-state index in [2.05, 4.69) is 0 Å². The lowest BCUT2D eigenvalue weighted by molar-refractivity contribution is -0.145. The summed E-state index contributed by atoms with van der Waals surface area (Å²) in [5.41, 5.74) is 0.340. The van der Waals surface area contributed by atoms with Crippen LogP contribution in [-0.2, 0) is 9.59 Å². The van der Waals surface area contributed by atoms with Crippen LogP contribution in [0.5, 0.6) is 11.5 Å². The Bertz CT molecular complexity index is 733. The zero-order chi connectivity index (χ0) is 20.8. The van der Waals surface area contributed by atoms with Gasteiger partial charge in [0.05, 0.1) is 31.2 Å².